The molecule has 192 valence electrons. The first-order valence-electron chi connectivity index (χ1n) is 11.8. The van der Waals surface area contributed by atoms with Crippen molar-refractivity contribution in [3.05, 3.63) is 59.7 Å². The SMILES string of the molecule is Bc1cc(Cc2cc(B)cc(-n3nc4cc(S)c(S)cc4n3)c2O)c(O)c(-n2nc3cc(S)c(S)cc3n2)c1. The second-order valence-electron chi connectivity index (χ2n) is 9.40. The van der Waals surface area contributed by atoms with Gasteiger partial charge >= 0.3 is 0 Å². The second kappa shape index (κ2) is 9.77. The molecule has 0 radical (unpaired) electrons. The fourth-order valence-electron chi connectivity index (χ4n) is 4.54. The Balaban J connectivity index is 1.42. The predicted octanol–water partition coefficient (Wildman–Crippen LogP) is 1.83. The van der Waals surface area contributed by atoms with Crippen LogP contribution >= 0.6 is 50.5 Å². The van der Waals surface area contributed by atoms with Crippen molar-refractivity contribution in [2.75, 3.05) is 0 Å². The molecular formula is C25H20B2N6O2S4. The largest absolute Gasteiger partial charge is 0.505 e. The molecule has 14 heteroatoms. The number of thiol groups is 4. The Hall–Kier alpha value is -3.19. The van der Waals surface area contributed by atoms with E-state index in [9.17, 15) is 10.2 Å². The predicted molar refractivity (Wildman–Crippen MR) is 169 cm³/mol. The van der Waals surface area contributed by atoms with Gasteiger partial charge < -0.3 is 10.2 Å². The molecule has 6 aromatic rings. The van der Waals surface area contributed by atoms with Crippen LogP contribution in [0.15, 0.2) is 68.1 Å². The van der Waals surface area contributed by atoms with E-state index >= 15 is 0 Å². The number of aromatic nitrogens is 6. The molecule has 6 rings (SSSR count). The summed E-state index contributed by atoms with van der Waals surface area (Å²) in [4.78, 5) is 5.57. The highest BCUT2D eigenvalue weighted by molar-refractivity contribution is 7.84. The number of phenols is 2. The van der Waals surface area contributed by atoms with Crippen molar-refractivity contribution in [3.63, 3.8) is 0 Å². The van der Waals surface area contributed by atoms with E-state index in [0.29, 0.717) is 64.2 Å². The topological polar surface area (TPSA) is 102 Å². The Kier molecular flexibility index (Phi) is 6.53. The maximum atomic E-state index is 11.3. The number of hydrogen-bond acceptors (Lipinski definition) is 10. The third-order valence-corrected chi connectivity index (χ3v) is 8.22. The van der Waals surface area contributed by atoms with Crippen molar-refractivity contribution >= 4 is 99.2 Å². The molecular weight excluding hydrogens is 566 g/mol. The Bertz CT molecular complexity index is 1740. The summed E-state index contributed by atoms with van der Waals surface area (Å²) in [5, 5.41) is 40.7. The number of phenolic OH excluding ortho intramolecular Hbond substituents is 2. The standard InChI is InChI=1S/C25H20B2N6O2S4/c26-12-2-10(24(34)18(4-12)32-28-14-6-20(36)21(37)7-15(14)29-32)1-11-3-13(27)5-19(25(11)35)33-30-16-8-22(38)23(39)9-17(16)31-33/h2-9,34-39H,1,26-27H2. The molecule has 2 heterocycles. The normalized spacial score (nSPS) is 11.6. The van der Waals surface area contributed by atoms with E-state index in [1.807, 2.05) is 40.0 Å². The van der Waals surface area contributed by atoms with Gasteiger partial charge in [0.1, 0.15) is 60.6 Å². The van der Waals surface area contributed by atoms with Gasteiger partial charge in [-0.1, -0.05) is 23.1 Å². The molecule has 0 fully saturated rings. The van der Waals surface area contributed by atoms with Gasteiger partial charge in [0.2, 0.25) is 0 Å². The summed E-state index contributed by atoms with van der Waals surface area (Å²) in [6.45, 7) is 0. The van der Waals surface area contributed by atoms with Crippen LogP contribution in [0.3, 0.4) is 0 Å². The number of aromatic hydroxyl groups is 2. The first kappa shape index (κ1) is 26.1. The van der Waals surface area contributed by atoms with Gasteiger partial charge in [-0.25, -0.2) is 0 Å². The summed E-state index contributed by atoms with van der Waals surface area (Å²) in [5.41, 5.74) is 6.43. The van der Waals surface area contributed by atoms with Gasteiger partial charge in [-0.3, -0.25) is 0 Å². The van der Waals surface area contributed by atoms with Crippen LogP contribution in [0.2, 0.25) is 0 Å². The molecule has 0 saturated heterocycles. The van der Waals surface area contributed by atoms with Crippen molar-refractivity contribution in [1.29, 1.82) is 0 Å². The molecule has 0 saturated carbocycles. The number of benzene rings is 4. The molecule has 0 atom stereocenters. The molecule has 0 bridgehead atoms. The molecule has 0 aliphatic rings. The van der Waals surface area contributed by atoms with Gasteiger partial charge in [0.15, 0.2) is 0 Å². The molecule has 2 N–H and O–H groups in total. The lowest BCUT2D eigenvalue weighted by atomic mass is 9.88. The molecule has 0 spiro atoms. The Morgan fingerprint density at radius 3 is 1.15 bits per heavy atom. The highest BCUT2D eigenvalue weighted by Gasteiger charge is 2.19. The van der Waals surface area contributed by atoms with Gasteiger partial charge in [-0.15, -0.1) is 80.5 Å². The Labute approximate surface area is 246 Å². The molecule has 0 amide bonds. The summed E-state index contributed by atoms with van der Waals surface area (Å²) >= 11 is 17.6. The first-order valence-corrected chi connectivity index (χ1v) is 13.6. The van der Waals surface area contributed by atoms with E-state index in [1.54, 1.807) is 24.3 Å². The minimum absolute atomic E-state index is 0.0196. The molecule has 0 aliphatic heterocycles. The van der Waals surface area contributed by atoms with E-state index in [1.165, 1.54) is 9.59 Å². The zero-order valence-electron chi connectivity index (χ0n) is 20.7. The van der Waals surface area contributed by atoms with Crippen molar-refractivity contribution < 1.29 is 10.2 Å². The third kappa shape index (κ3) is 4.75. The lowest BCUT2D eigenvalue weighted by molar-refractivity contribution is 0.456. The van der Waals surface area contributed by atoms with Crippen molar-refractivity contribution in [2.45, 2.75) is 26.0 Å². The van der Waals surface area contributed by atoms with E-state index in [-0.39, 0.29) is 17.9 Å². The minimum Gasteiger partial charge on any atom is -0.505 e. The van der Waals surface area contributed by atoms with Crippen LogP contribution in [-0.2, 0) is 6.42 Å². The zero-order valence-corrected chi connectivity index (χ0v) is 24.3. The molecule has 0 unspecified atom stereocenters. The number of rotatable bonds is 4. The van der Waals surface area contributed by atoms with Crippen LogP contribution < -0.4 is 10.9 Å². The van der Waals surface area contributed by atoms with Gasteiger partial charge in [-0.2, -0.15) is 0 Å². The smallest absolute Gasteiger partial charge is 0.146 e. The molecule has 39 heavy (non-hydrogen) atoms. The number of hydrogen-bond donors (Lipinski definition) is 6. The zero-order chi connectivity index (χ0) is 27.6. The van der Waals surface area contributed by atoms with Gasteiger partial charge in [-0.05, 0) is 36.4 Å². The van der Waals surface area contributed by atoms with Crippen molar-refractivity contribution in [2.24, 2.45) is 0 Å². The summed E-state index contributed by atoms with van der Waals surface area (Å²) in [7, 11) is 3.86. The highest BCUT2D eigenvalue weighted by Crippen LogP contribution is 2.33. The van der Waals surface area contributed by atoms with Crippen LogP contribution in [0.25, 0.3) is 33.4 Å². The fourth-order valence-corrected chi connectivity index (χ4v) is 5.29. The monoisotopic (exact) mass is 586 g/mol. The summed E-state index contributed by atoms with van der Waals surface area (Å²) in [6.07, 6.45) is 0.256. The summed E-state index contributed by atoms with van der Waals surface area (Å²) in [5.74, 6) is 0.0391. The van der Waals surface area contributed by atoms with Crippen molar-refractivity contribution in [3.8, 4) is 22.9 Å². The van der Waals surface area contributed by atoms with Gasteiger partial charge in [0.05, 0.1) is 0 Å². The molecule has 8 nitrogen and oxygen atoms in total. The minimum atomic E-state index is 0.0196. The van der Waals surface area contributed by atoms with Crippen LogP contribution in [0.4, 0.5) is 0 Å². The van der Waals surface area contributed by atoms with Crippen LogP contribution in [0.1, 0.15) is 11.1 Å². The first-order chi connectivity index (χ1) is 18.6. The lowest BCUT2D eigenvalue weighted by Crippen LogP contribution is -2.12. The highest BCUT2D eigenvalue weighted by atomic mass is 32.1. The average Bonchev–Trinajstić information content (AvgIpc) is 3.47. The van der Waals surface area contributed by atoms with Crippen LogP contribution in [0, 0.1) is 0 Å². The quantitative estimate of drug-likeness (QED) is 0.139. The maximum absolute atomic E-state index is 11.3. The Morgan fingerprint density at radius 2 is 0.846 bits per heavy atom. The van der Waals surface area contributed by atoms with E-state index < -0.39 is 0 Å². The van der Waals surface area contributed by atoms with Gasteiger partial charge in [0.25, 0.3) is 0 Å². The lowest BCUT2D eigenvalue weighted by Gasteiger charge is -2.14. The van der Waals surface area contributed by atoms with E-state index in [0.717, 1.165) is 10.9 Å². The Morgan fingerprint density at radius 1 is 0.538 bits per heavy atom. The fraction of sp³-hybridized carbons (Fsp3) is 0.0400. The summed E-state index contributed by atoms with van der Waals surface area (Å²) in [6, 6.07) is 14.5. The molecule has 0 aliphatic carbocycles. The average molecular weight is 586 g/mol. The maximum Gasteiger partial charge on any atom is 0.146 e. The number of nitrogens with zero attached hydrogens (tertiary/aromatic N) is 6. The third-order valence-electron chi connectivity index (χ3n) is 6.39. The van der Waals surface area contributed by atoms with Gasteiger partial charge in [0, 0.05) is 37.1 Å². The van der Waals surface area contributed by atoms with E-state index in [2.05, 4.69) is 70.9 Å². The summed E-state index contributed by atoms with van der Waals surface area (Å²) < 4.78 is 0. The second-order valence-corrected chi connectivity index (χ2v) is 11.3. The van der Waals surface area contributed by atoms with Crippen LogP contribution in [0.5, 0.6) is 11.5 Å². The van der Waals surface area contributed by atoms with Crippen LogP contribution in [-0.4, -0.2) is 55.9 Å². The molecule has 4 aromatic carbocycles. The van der Waals surface area contributed by atoms with E-state index in [4.69, 9.17) is 0 Å². The molecule has 2 aromatic heterocycles. The number of fused-ring (bicyclic) bond motifs is 2. The van der Waals surface area contributed by atoms with Crippen molar-refractivity contribution in [1.82, 2.24) is 30.0 Å².